The Labute approximate surface area is 196 Å². The third kappa shape index (κ3) is 3.62. The zero-order valence-corrected chi connectivity index (χ0v) is 19.3. The molecule has 0 saturated carbocycles. The summed E-state index contributed by atoms with van der Waals surface area (Å²) in [4.78, 5) is 21.2. The first-order chi connectivity index (χ1) is 16.0. The van der Waals surface area contributed by atoms with Crippen LogP contribution in [0, 0.1) is 19.3 Å². The lowest BCUT2D eigenvalue weighted by Gasteiger charge is -2.20. The Kier molecular flexibility index (Phi) is 5.30. The molecule has 3 aromatic rings. The van der Waals surface area contributed by atoms with Crippen LogP contribution in [-0.4, -0.2) is 36.5 Å². The van der Waals surface area contributed by atoms with Crippen LogP contribution in [0.3, 0.4) is 0 Å². The maximum Gasteiger partial charge on any atom is 0.283 e. The van der Waals surface area contributed by atoms with Crippen molar-refractivity contribution >= 4 is 39.8 Å². The van der Waals surface area contributed by atoms with Crippen LogP contribution < -0.4 is 0 Å². The van der Waals surface area contributed by atoms with E-state index in [1.165, 1.54) is 22.3 Å². The van der Waals surface area contributed by atoms with Gasteiger partial charge in [0.05, 0.1) is 5.57 Å². The molecule has 0 aliphatic carbocycles. The van der Waals surface area contributed by atoms with E-state index >= 15 is 0 Å². The van der Waals surface area contributed by atoms with Crippen molar-refractivity contribution in [3.63, 3.8) is 0 Å². The first kappa shape index (κ1) is 21.1. The maximum absolute atomic E-state index is 12.9. The standard InChI is InChI=1S/C25H22N6OS/c1-4-17-8-5-6-10-21(17)30-15(2)12-19(16(30)3)13-20-22(26)31-25(28-23(20)32)33-24(29-31)18-9-7-11-27-14-18/h5-14,26H,4H2,1-3H3/b20-13-,26-22?. The van der Waals surface area contributed by atoms with E-state index < -0.39 is 5.91 Å². The molecule has 164 valence electrons. The number of hydrazone groups is 1. The first-order valence-electron chi connectivity index (χ1n) is 10.7. The van der Waals surface area contributed by atoms with E-state index in [-0.39, 0.29) is 11.4 Å². The molecule has 2 aliphatic rings. The predicted octanol–water partition coefficient (Wildman–Crippen LogP) is 4.72. The number of rotatable bonds is 4. The van der Waals surface area contributed by atoms with Crippen LogP contribution in [0.15, 0.2) is 70.5 Å². The number of carbonyl (C=O) groups excluding carboxylic acids is 1. The second-order valence-corrected chi connectivity index (χ2v) is 8.77. The first-order valence-corrected chi connectivity index (χ1v) is 11.5. The van der Waals surface area contributed by atoms with E-state index in [1.807, 2.05) is 44.2 Å². The summed E-state index contributed by atoms with van der Waals surface area (Å²) in [5.74, 6) is -0.407. The third-order valence-electron chi connectivity index (χ3n) is 5.75. The van der Waals surface area contributed by atoms with Crippen molar-refractivity contribution in [2.75, 3.05) is 0 Å². The van der Waals surface area contributed by atoms with Crippen LogP contribution >= 0.6 is 11.8 Å². The summed E-state index contributed by atoms with van der Waals surface area (Å²) in [7, 11) is 0. The number of nitrogens with zero attached hydrogens (tertiary/aromatic N) is 5. The molecule has 2 aromatic heterocycles. The van der Waals surface area contributed by atoms with Gasteiger partial charge in [-0.1, -0.05) is 25.1 Å². The highest BCUT2D eigenvalue weighted by Crippen LogP contribution is 2.32. The number of aliphatic imine (C=N–C) groups is 1. The van der Waals surface area contributed by atoms with Gasteiger partial charge in [0.15, 0.2) is 5.84 Å². The molecule has 0 radical (unpaired) electrons. The van der Waals surface area contributed by atoms with E-state index in [2.05, 4.69) is 38.7 Å². The Morgan fingerprint density at radius 1 is 1.15 bits per heavy atom. The molecule has 0 saturated heterocycles. The average molecular weight is 455 g/mol. The highest BCUT2D eigenvalue weighted by atomic mass is 32.2. The van der Waals surface area contributed by atoms with Gasteiger partial charge in [-0.2, -0.15) is 15.1 Å². The monoisotopic (exact) mass is 454 g/mol. The van der Waals surface area contributed by atoms with Crippen molar-refractivity contribution in [1.82, 2.24) is 14.6 Å². The number of benzene rings is 1. The predicted molar refractivity (Wildman–Crippen MR) is 133 cm³/mol. The molecule has 1 aromatic carbocycles. The zero-order valence-electron chi connectivity index (χ0n) is 18.5. The number of nitrogens with one attached hydrogen (secondary N) is 1. The van der Waals surface area contributed by atoms with Gasteiger partial charge >= 0.3 is 0 Å². The van der Waals surface area contributed by atoms with Crippen molar-refractivity contribution in [1.29, 1.82) is 5.41 Å². The van der Waals surface area contributed by atoms with Crippen LogP contribution in [0.5, 0.6) is 0 Å². The number of aromatic nitrogens is 2. The van der Waals surface area contributed by atoms with E-state index in [0.29, 0.717) is 10.2 Å². The third-order valence-corrected chi connectivity index (χ3v) is 6.70. The molecular weight excluding hydrogens is 432 g/mol. The van der Waals surface area contributed by atoms with Crippen LogP contribution in [0.25, 0.3) is 11.8 Å². The second-order valence-electron chi connectivity index (χ2n) is 7.81. The fourth-order valence-corrected chi connectivity index (χ4v) is 4.97. The summed E-state index contributed by atoms with van der Waals surface area (Å²) < 4.78 is 2.20. The van der Waals surface area contributed by atoms with Gasteiger partial charge in [0.25, 0.3) is 5.91 Å². The smallest absolute Gasteiger partial charge is 0.283 e. The number of para-hydroxylation sites is 1. The fourth-order valence-electron chi connectivity index (χ4n) is 4.09. The Bertz CT molecular complexity index is 1380. The number of thioether (sulfide) groups is 1. The Morgan fingerprint density at radius 3 is 2.73 bits per heavy atom. The van der Waals surface area contributed by atoms with Gasteiger partial charge in [0, 0.05) is 35.0 Å². The lowest BCUT2D eigenvalue weighted by Crippen LogP contribution is -2.35. The molecule has 4 heterocycles. The summed E-state index contributed by atoms with van der Waals surface area (Å²) in [6.45, 7) is 6.22. The summed E-state index contributed by atoms with van der Waals surface area (Å²) >= 11 is 1.27. The van der Waals surface area contributed by atoms with E-state index in [1.54, 1.807) is 18.5 Å². The quantitative estimate of drug-likeness (QED) is 0.578. The van der Waals surface area contributed by atoms with Gasteiger partial charge in [-0.25, -0.2) is 0 Å². The molecule has 1 amide bonds. The fraction of sp³-hybridized carbons (Fsp3) is 0.160. The zero-order chi connectivity index (χ0) is 23.1. The van der Waals surface area contributed by atoms with Gasteiger partial charge in [-0.15, -0.1) is 0 Å². The highest BCUT2D eigenvalue weighted by Gasteiger charge is 2.36. The summed E-state index contributed by atoms with van der Waals surface area (Å²) in [5.41, 5.74) is 6.38. The molecule has 0 unspecified atom stereocenters. The van der Waals surface area contributed by atoms with Crippen molar-refractivity contribution < 1.29 is 4.79 Å². The lowest BCUT2D eigenvalue weighted by atomic mass is 10.1. The topological polar surface area (TPSA) is 86.7 Å². The van der Waals surface area contributed by atoms with E-state index in [4.69, 9.17) is 5.41 Å². The maximum atomic E-state index is 12.9. The summed E-state index contributed by atoms with van der Waals surface area (Å²) in [6, 6.07) is 14.1. The highest BCUT2D eigenvalue weighted by molar-refractivity contribution is 8.27. The van der Waals surface area contributed by atoms with Crippen LogP contribution in [0.4, 0.5) is 0 Å². The van der Waals surface area contributed by atoms with Crippen molar-refractivity contribution in [3.05, 3.63) is 88.5 Å². The number of hydrogen-bond acceptors (Lipinski definition) is 5. The molecule has 0 fully saturated rings. The molecule has 1 N–H and O–H groups in total. The number of amidine groups is 2. The number of aryl methyl sites for hydroxylation is 2. The van der Waals surface area contributed by atoms with Gasteiger partial charge < -0.3 is 4.57 Å². The molecule has 7 nitrogen and oxygen atoms in total. The Morgan fingerprint density at radius 2 is 1.97 bits per heavy atom. The minimum atomic E-state index is -0.430. The van der Waals surface area contributed by atoms with E-state index in [0.717, 1.165) is 34.6 Å². The van der Waals surface area contributed by atoms with Crippen molar-refractivity contribution in [2.45, 2.75) is 27.2 Å². The number of fused-ring (bicyclic) bond motifs is 1. The number of pyridine rings is 1. The van der Waals surface area contributed by atoms with Crippen LogP contribution in [0.1, 0.15) is 35.0 Å². The van der Waals surface area contributed by atoms with Crippen LogP contribution in [0.2, 0.25) is 0 Å². The minimum absolute atomic E-state index is 0.0233. The lowest BCUT2D eigenvalue weighted by molar-refractivity contribution is -0.114. The van der Waals surface area contributed by atoms with Crippen molar-refractivity contribution in [3.8, 4) is 5.69 Å². The van der Waals surface area contributed by atoms with Gasteiger partial charge in [0.2, 0.25) is 5.17 Å². The normalized spacial score (nSPS) is 16.8. The number of hydrogen-bond donors (Lipinski definition) is 1. The summed E-state index contributed by atoms with van der Waals surface area (Å²) in [6.07, 6.45) is 6.07. The molecule has 0 spiro atoms. The number of carbonyl (C=O) groups is 1. The second kappa shape index (κ2) is 8.29. The van der Waals surface area contributed by atoms with Crippen LogP contribution in [-0.2, 0) is 11.2 Å². The molecule has 8 heteroatoms. The van der Waals surface area contributed by atoms with Crippen molar-refractivity contribution in [2.24, 2.45) is 10.1 Å². The molecule has 0 bridgehead atoms. The Hall–Kier alpha value is -3.78. The molecule has 33 heavy (non-hydrogen) atoms. The molecule has 0 atom stereocenters. The largest absolute Gasteiger partial charge is 0.318 e. The molecule has 5 rings (SSSR count). The van der Waals surface area contributed by atoms with Gasteiger partial charge in [-0.3, -0.25) is 15.2 Å². The van der Waals surface area contributed by atoms with E-state index in [9.17, 15) is 4.79 Å². The van der Waals surface area contributed by atoms with Gasteiger partial charge in [-0.05, 0) is 73.5 Å². The molecular formula is C25H22N6OS. The summed E-state index contributed by atoms with van der Waals surface area (Å²) in [5, 5.41) is 15.7. The molecule has 2 aliphatic heterocycles. The Balaban J connectivity index is 1.53. The van der Waals surface area contributed by atoms with Gasteiger partial charge in [0.1, 0.15) is 5.04 Å². The number of amides is 1. The average Bonchev–Trinajstić information content (AvgIpc) is 3.37. The minimum Gasteiger partial charge on any atom is -0.318 e. The SMILES string of the molecule is CCc1ccccc1-n1c(C)cc(/C=C2/C(=N)N3N=C(c4cccnc4)SC3=NC2=O)c1C.